The molecule has 0 bridgehead atoms. The average Bonchev–Trinajstić information content (AvgIpc) is 2.33. The molecule has 0 saturated carbocycles. The lowest BCUT2D eigenvalue weighted by Gasteiger charge is -2.07. The molecule has 0 aliphatic carbocycles. The standard InChI is InChI=1S/C11H21N3O5/c12-10(17)19-8-7-14-11(18)13-6-4-2-1-3-5-9(15)16/h1-8H2,(H2,12,17)(H,15,16)(H2,13,14,18). The number of nitrogens with one attached hydrogen (secondary N) is 2. The highest BCUT2D eigenvalue weighted by Crippen LogP contribution is 2.01. The summed E-state index contributed by atoms with van der Waals surface area (Å²) in [5, 5.41) is 13.5. The summed E-state index contributed by atoms with van der Waals surface area (Å²) in [6.45, 7) is 0.765. The zero-order valence-corrected chi connectivity index (χ0v) is 10.8. The zero-order valence-electron chi connectivity index (χ0n) is 10.8. The van der Waals surface area contributed by atoms with Crippen LogP contribution in [0.5, 0.6) is 0 Å². The fourth-order valence-electron chi connectivity index (χ4n) is 1.34. The molecular formula is C11H21N3O5. The van der Waals surface area contributed by atoms with Gasteiger partial charge in [0.25, 0.3) is 0 Å². The number of nitrogens with two attached hydrogens (primary N) is 1. The van der Waals surface area contributed by atoms with Crippen molar-refractivity contribution < 1.29 is 24.2 Å². The van der Waals surface area contributed by atoms with Crippen molar-refractivity contribution in [3.05, 3.63) is 0 Å². The summed E-state index contributed by atoms with van der Waals surface area (Å²) in [5.74, 6) is -0.782. The molecule has 0 rings (SSSR count). The molecule has 0 atom stereocenters. The van der Waals surface area contributed by atoms with Crippen molar-refractivity contribution in [1.29, 1.82) is 0 Å². The lowest BCUT2D eigenvalue weighted by molar-refractivity contribution is -0.137. The van der Waals surface area contributed by atoms with E-state index in [1.807, 2.05) is 0 Å². The molecule has 0 saturated heterocycles. The molecule has 8 heteroatoms. The first-order valence-corrected chi connectivity index (χ1v) is 6.18. The molecule has 19 heavy (non-hydrogen) atoms. The van der Waals surface area contributed by atoms with Gasteiger partial charge in [0, 0.05) is 13.0 Å². The van der Waals surface area contributed by atoms with Crippen LogP contribution >= 0.6 is 0 Å². The van der Waals surface area contributed by atoms with Gasteiger partial charge in [0.05, 0.1) is 6.54 Å². The Morgan fingerprint density at radius 3 is 2.26 bits per heavy atom. The maximum atomic E-state index is 11.2. The maximum Gasteiger partial charge on any atom is 0.404 e. The highest BCUT2D eigenvalue weighted by molar-refractivity contribution is 5.73. The average molecular weight is 275 g/mol. The van der Waals surface area contributed by atoms with E-state index in [4.69, 9.17) is 10.8 Å². The molecule has 0 fully saturated rings. The Labute approximate surface area is 111 Å². The minimum Gasteiger partial charge on any atom is -0.481 e. The summed E-state index contributed by atoms with van der Waals surface area (Å²) in [6.07, 6.45) is 2.48. The van der Waals surface area contributed by atoms with Gasteiger partial charge in [-0.05, 0) is 12.8 Å². The van der Waals surface area contributed by atoms with Gasteiger partial charge in [-0.3, -0.25) is 4.79 Å². The van der Waals surface area contributed by atoms with Gasteiger partial charge in [-0.25, -0.2) is 9.59 Å². The largest absolute Gasteiger partial charge is 0.481 e. The van der Waals surface area contributed by atoms with Crippen LogP contribution in [0.2, 0.25) is 0 Å². The van der Waals surface area contributed by atoms with E-state index >= 15 is 0 Å². The fraction of sp³-hybridized carbons (Fsp3) is 0.727. The Morgan fingerprint density at radius 1 is 1.00 bits per heavy atom. The number of hydrogen-bond acceptors (Lipinski definition) is 4. The monoisotopic (exact) mass is 275 g/mol. The van der Waals surface area contributed by atoms with Crippen molar-refractivity contribution >= 4 is 18.1 Å². The van der Waals surface area contributed by atoms with Crippen LogP contribution in [-0.4, -0.2) is 42.9 Å². The number of carbonyl (C=O) groups is 3. The van der Waals surface area contributed by atoms with Gasteiger partial charge in [-0.1, -0.05) is 12.8 Å². The number of unbranched alkanes of at least 4 members (excludes halogenated alkanes) is 3. The third-order valence-electron chi connectivity index (χ3n) is 2.23. The highest BCUT2D eigenvalue weighted by Gasteiger charge is 2.00. The van der Waals surface area contributed by atoms with Crippen molar-refractivity contribution in [2.75, 3.05) is 19.7 Å². The Kier molecular flexibility index (Phi) is 9.96. The van der Waals surface area contributed by atoms with Crippen LogP contribution < -0.4 is 16.4 Å². The number of carbonyl (C=O) groups excluding carboxylic acids is 2. The van der Waals surface area contributed by atoms with E-state index in [1.165, 1.54) is 0 Å². The molecule has 3 amide bonds. The minimum absolute atomic E-state index is 0.0396. The number of hydrogen-bond donors (Lipinski definition) is 4. The normalized spacial score (nSPS) is 9.68. The zero-order chi connectivity index (χ0) is 14.5. The van der Waals surface area contributed by atoms with E-state index in [9.17, 15) is 14.4 Å². The molecule has 0 unspecified atom stereocenters. The van der Waals surface area contributed by atoms with Crippen molar-refractivity contribution in [3.63, 3.8) is 0 Å². The number of carboxylic acid groups (broad SMARTS) is 1. The SMILES string of the molecule is NC(=O)OCCNC(=O)NCCCCCCC(=O)O. The number of carboxylic acids is 1. The molecule has 0 heterocycles. The van der Waals surface area contributed by atoms with E-state index in [2.05, 4.69) is 15.4 Å². The van der Waals surface area contributed by atoms with Gasteiger partial charge in [-0.2, -0.15) is 0 Å². The van der Waals surface area contributed by atoms with Gasteiger partial charge in [-0.15, -0.1) is 0 Å². The van der Waals surface area contributed by atoms with Crippen LogP contribution in [0.25, 0.3) is 0 Å². The van der Waals surface area contributed by atoms with Crippen LogP contribution in [0, 0.1) is 0 Å². The summed E-state index contributed by atoms with van der Waals surface area (Å²) in [6, 6.07) is -0.335. The van der Waals surface area contributed by atoms with Crippen LogP contribution in [0.4, 0.5) is 9.59 Å². The quantitative estimate of drug-likeness (QED) is 0.429. The third kappa shape index (κ3) is 13.9. The second-order valence-electron chi connectivity index (χ2n) is 3.91. The van der Waals surface area contributed by atoms with Crippen molar-refractivity contribution in [2.45, 2.75) is 32.1 Å². The molecule has 0 aromatic rings. The molecule has 0 aliphatic heterocycles. The Morgan fingerprint density at radius 2 is 1.63 bits per heavy atom. The number of aliphatic carboxylic acids is 1. The van der Waals surface area contributed by atoms with Crippen LogP contribution in [0.15, 0.2) is 0 Å². The van der Waals surface area contributed by atoms with Gasteiger partial charge >= 0.3 is 18.1 Å². The lowest BCUT2D eigenvalue weighted by atomic mass is 10.1. The fourth-order valence-corrected chi connectivity index (χ4v) is 1.34. The van der Waals surface area contributed by atoms with Crippen molar-refractivity contribution in [3.8, 4) is 0 Å². The van der Waals surface area contributed by atoms with E-state index in [1.54, 1.807) is 0 Å². The van der Waals surface area contributed by atoms with E-state index in [-0.39, 0.29) is 25.6 Å². The smallest absolute Gasteiger partial charge is 0.404 e. The van der Waals surface area contributed by atoms with Crippen LogP contribution in [0.1, 0.15) is 32.1 Å². The van der Waals surface area contributed by atoms with Crippen LogP contribution in [0.3, 0.4) is 0 Å². The Hall–Kier alpha value is -1.99. The summed E-state index contributed by atoms with van der Waals surface area (Å²) in [4.78, 5) is 31.7. The molecule has 0 spiro atoms. The van der Waals surface area contributed by atoms with Crippen LogP contribution in [-0.2, 0) is 9.53 Å². The number of ether oxygens (including phenoxy) is 1. The first kappa shape index (κ1) is 17.0. The summed E-state index contributed by atoms with van der Waals surface area (Å²) >= 11 is 0. The highest BCUT2D eigenvalue weighted by atomic mass is 16.5. The predicted molar refractivity (Wildman–Crippen MR) is 67.7 cm³/mol. The molecule has 0 aromatic carbocycles. The summed E-state index contributed by atoms with van der Waals surface area (Å²) in [7, 11) is 0. The maximum absolute atomic E-state index is 11.2. The van der Waals surface area contributed by atoms with Gasteiger partial charge in [0.1, 0.15) is 6.61 Å². The second kappa shape index (κ2) is 11.1. The molecule has 0 aliphatic rings. The molecular weight excluding hydrogens is 254 g/mol. The molecule has 5 N–H and O–H groups in total. The predicted octanol–water partition coefficient (Wildman–Crippen LogP) is 0.416. The summed E-state index contributed by atoms with van der Waals surface area (Å²) in [5.41, 5.74) is 4.74. The molecule has 0 aromatic heterocycles. The molecule has 110 valence electrons. The van der Waals surface area contributed by atoms with Gasteiger partial charge in [0.2, 0.25) is 0 Å². The second-order valence-corrected chi connectivity index (χ2v) is 3.91. The Bertz CT molecular complexity index is 296. The van der Waals surface area contributed by atoms with Gasteiger partial charge in [0.15, 0.2) is 0 Å². The summed E-state index contributed by atoms with van der Waals surface area (Å²) < 4.78 is 4.43. The van der Waals surface area contributed by atoms with E-state index in [0.29, 0.717) is 13.0 Å². The van der Waals surface area contributed by atoms with Crippen molar-refractivity contribution in [1.82, 2.24) is 10.6 Å². The van der Waals surface area contributed by atoms with Crippen molar-refractivity contribution in [2.24, 2.45) is 5.73 Å². The third-order valence-corrected chi connectivity index (χ3v) is 2.23. The minimum atomic E-state index is -0.872. The Balaban J connectivity index is 3.24. The number of primary amides is 1. The molecule has 8 nitrogen and oxygen atoms in total. The topological polar surface area (TPSA) is 131 Å². The molecule has 0 radical (unpaired) electrons. The van der Waals surface area contributed by atoms with Gasteiger partial charge < -0.3 is 26.2 Å². The number of rotatable bonds is 10. The number of urea groups is 1. The van der Waals surface area contributed by atoms with E-state index in [0.717, 1.165) is 19.3 Å². The first-order valence-electron chi connectivity index (χ1n) is 6.18. The lowest BCUT2D eigenvalue weighted by Crippen LogP contribution is -2.38. The number of amides is 3. The first-order chi connectivity index (χ1) is 9.02. The van der Waals surface area contributed by atoms with E-state index < -0.39 is 12.1 Å².